The highest BCUT2D eigenvalue weighted by molar-refractivity contribution is 5.58. The third-order valence-electron chi connectivity index (χ3n) is 4.22. The Labute approximate surface area is 162 Å². The molecular formula is C21H19N5O2. The molecule has 4 rings (SSSR count). The summed E-state index contributed by atoms with van der Waals surface area (Å²) in [6, 6.07) is 17.5. The Hall–Kier alpha value is -3.74. The number of hydrogen-bond acceptors (Lipinski definition) is 7. The average Bonchev–Trinajstić information content (AvgIpc) is 3.19. The number of aryl methyl sites for hydroxylation is 1. The van der Waals surface area contributed by atoms with E-state index in [-0.39, 0.29) is 0 Å². The van der Waals surface area contributed by atoms with Gasteiger partial charge in [0.15, 0.2) is 5.82 Å². The van der Waals surface area contributed by atoms with Crippen molar-refractivity contribution in [3.8, 4) is 28.5 Å². The van der Waals surface area contributed by atoms with Crippen LogP contribution in [0.5, 0.6) is 5.75 Å². The molecule has 1 N–H and O–H groups in total. The maximum absolute atomic E-state index is 5.19. The second-order valence-corrected chi connectivity index (χ2v) is 6.18. The van der Waals surface area contributed by atoms with Crippen molar-refractivity contribution < 1.29 is 9.26 Å². The van der Waals surface area contributed by atoms with Gasteiger partial charge in [0.25, 0.3) is 0 Å². The number of anilines is 1. The molecule has 0 aliphatic carbocycles. The quantitative estimate of drug-likeness (QED) is 0.544. The van der Waals surface area contributed by atoms with E-state index in [0.29, 0.717) is 24.1 Å². The maximum Gasteiger partial charge on any atom is 0.223 e. The van der Waals surface area contributed by atoms with Gasteiger partial charge in [-0.05, 0) is 35.9 Å². The van der Waals surface area contributed by atoms with E-state index in [2.05, 4.69) is 25.4 Å². The highest BCUT2D eigenvalue weighted by Crippen LogP contribution is 2.21. The summed E-state index contributed by atoms with van der Waals surface area (Å²) in [4.78, 5) is 13.2. The van der Waals surface area contributed by atoms with Gasteiger partial charge in [0.05, 0.1) is 7.11 Å². The van der Waals surface area contributed by atoms with Gasteiger partial charge in [0.1, 0.15) is 11.6 Å². The molecule has 0 fully saturated rings. The molecule has 0 bridgehead atoms. The van der Waals surface area contributed by atoms with E-state index in [4.69, 9.17) is 9.26 Å². The van der Waals surface area contributed by atoms with E-state index in [0.717, 1.165) is 28.3 Å². The van der Waals surface area contributed by atoms with E-state index in [1.54, 1.807) is 20.2 Å². The van der Waals surface area contributed by atoms with Crippen molar-refractivity contribution in [3.63, 3.8) is 0 Å². The third kappa shape index (κ3) is 3.98. The molecule has 28 heavy (non-hydrogen) atoms. The van der Waals surface area contributed by atoms with Crippen molar-refractivity contribution in [1.29, 1.82) is 0 Å². The molecule has 0 unspecified atom stereocenters. The van der Waals surface area contributed by atoms with Crippen LogP contribution < -0.4 is 10.1 Å². The van der Waals surface area contributed by atoms with Crippen LogP contribution in [0.15, 0.2) is 65.3 Å². The molecule has 140 valence electrons. The Morgan fingerprint density at radius 3 is 2.29 bits per heavy atom. The predicted molar refractivity (Wildman–Crippen MR) is 106 cm³/mol. The molecule has 0 saturated heterocycles. The highest BCUT2D eigenvalue weighted by Gasteiger charge is 2.06. The average molecular weight is 373 g/mol. The summed E-state index contributed by atoms with van der Waals surface area (Å²) >= 11 is 0. The number of rotatable bonds is 6. The SMILES string of the molecule is COc1ccc(-c2nccc(NCc3ccc(-c4noc(C)n4)cc3)n2)cc1. The first-order valence-electron chi connectivity index (χ1n) is 8.82. The van der Waals surface area contributed by atoms with Gasteiger partial charge in [-0.25, -0.2) is 9.97 Å². The minimum absolute atomic E-state index is 0.553. The first-order chi connectivity index (χ1) is 13.7. The number of benzene rings is 2. The van der Waals surface area contributed by atoms with E-state index in [1.807, 2.05) is 54.6 Å². The van der Waals surface area contributed by atoms with Gasteiger partial charge in [0.2, 0.25) is 11.7 Å². The van der Waals surface area contributed by atoms with Crippen LogP contribution in [0.1, 0.15) is 11.5 Å². The Morgan fingerprint density at radius 2 is 1.61 bits per heavy atom. The minimum Gasteiger partial charge on any atom is -0.497 e. The monoisotopic (exact) mass is 373 g/mol. The van der Waals surface area contributed by atoms with Crippen LogP contribution in [-0.2, 0) is 6.54 Å². The normalized spacial score (nSPS) is 10.6. The molecule has 7 nitrogen and oxygen atoms in total. The maximum atomic E-state index is 5.19. The molecule has 0 amide bonds. The molecule has 2 aromatic heterocycles. The standard InChI is InChI=1S/C21H19N5O2/c1-14-24-21(26-28-14)17-5-3-15(4-6-17)13-23-19-11-12-22-20(25-19)16-7-9-18(27-2)10-8-16/h3-12H,13H2,1-2H3,(H,22,23,25). The van der Waals surface area contributed by atoms with Gasteiger partial charge < -0.3 is 14.6 Å². The van der Waals surface area contributed by atoms with Gasteiger partial charge in [-0.3, -0.25) is 0 Å². The van der Waals surface area contributed by atoms with Crippen LogP contribution in [0.25, 0.3) is 22.8 Å². The molecular weight excluding hydrogens is 354 g/mol. The number of aromatic nitrogens is 4. The van der Waals surface area contributed by atoms with Crippen molar-refractivity contribution >= 4 is 5.82 Å². The van der Waals surface area contributed by atoms with Crippen molar-refractivity contribution in [2.45, 2.75) is 13.5 Å². The minimum atomic E-state index is 0.553. The van der Waals surface area contributed by atoms with Crippen LogP contribution >= 0.6 is 0 Å². The van der Waals surface area contributed by atoms with Crippen LogP contribution in [-0.4, -0.2) is 27.2 Å². The summed E-state index contributed by atoms with van der Waals surface area (Å²) in [6.07, 6.45) is 1.75. The number of nitrogens with zero attached hydrogens (tertiary/aromatic N) is 4. The topological polar surface area (TPSA) is 86.0 Å². The molecule has 0 saturated carbocycles. The first-order valence-corrected chi connectivity index (χ1v) is 8.82. The van der Waals surface area contributed by atoms with Crippen molar-refractivity contribution in [2.75, 3.05) is 12.4 Å². The lowest BCUT2D eigenvalue weighted by Gasteiger charge is -2.08. The molecule has 2 aromatic carbocycles. The lowest BCUT2D eigenvalue weighted by molar-refractivity contribution is 0.394. The summed E-state index contributed by atoms with van der Waals surface area (Å²) in [5, 5.41) is 7.26. The smallest absolute Gasteiger partial charge is 0.223 e. The summed E-state index contributed by atoms with van der Waals surface area (Å²) in [5.41, 5.74) is 2.97. The molecule has 4 aromatic rings. The van der Waals surface area contributed by atoms with Crippen LogP contribution in [0.2, 0.25) is 0 Å². The zero-order valence-corrected chi connectivity index (χ0v) is 15.6. The summed E-state index contributed by atoms with van der Waals surface area (Å²) in [5.74, 6) is 3.38. The fourth-order valence-electron chi connectivity index (χ4n) is 2.72. The molecule has 0 radical (unpaired) electrons. The fourth-order valence-corrected chi connectivity index (χ4v) is 2.72. The Bertz CT molecular complexity index is 1060. The van der Waals surface area contributed by atoms with Crippen molar-refractivity contribution in [3.05, 3.63) is 72.2 Å². The molecule has 0 atom stereocenters. The number of ether oxygens (including phenoxy) is 1. The molecule has 0 aliphatic rings. The van der Waals surface area contributed by atoms with E-state index < -0.39 is 0 Å². The number of nitrogens with one attached hydrogen (secondary N) is 1. The zero-order valence-electron chi connectivity index (χ0n) is 15.6. The fraction of sp³-hybridized carbons (Fsp3) is 0.143. The van der Waals surface area contributed by atoms with E-state index in [1.165, 1.54) is 0 Å². The number of hydrogen-bond donors (Lipinski definition) is 1. The molecule has 2 heterocycles. The molecule has 7 heteroatoms. The summed E-state index contributed by atoms with van der Waals surface area (Å²) < 4.78 is 10.2. The molecule has 0 spiro atoms. The predicted octanol–water partition coefficient (Wildman–Crippen LogP) is 4.12. The van der Waals surface area contributed by atoms with Crippen LogP contribution in [0.4, 0.5) is 5.82 Å². The lowest BCUT2D eigenvalue weighted by Crippen LogP contribution is -2.02. The lowest BCUT2D eigenvalue weighted by atomic mass is 10.1. The van der Waals surface area contributed by atoms with Crippen LogP contribution in [0, 0.1) is 6.92 Å². The second-order valence-electron chi connectivity index (χ2n) is 6.18. The third-order valence-corrected chi connectivity index (χ3v) is 4.22. The zero-order chi connectivity index (χ0) is 19.3. The van der Waals surface area contributed by atoms with E-state index in [9.17, 15) is 0 Å². The van der Waals surface area contributed by atoms with Gasteiger partial charge in [-0.2, -0.15) is 4.98 Å². The number of methoxy groups -OCH3 is 1. The van der Waals surface area contributed by atoms with Gasteiger partial charge >= 0.3 is 0 Å². The van der Waals surface area contributed by atoms with Crippen molar-refractivity contribution in [1.82, 2.24) is 20.1 Å². The summed E-state index contributed by atoms with van der Waals surface area (Å²) in [6.45, 7) is 2.42. The Kier molecular flexibility index (Phi) is 4.97. The Morgan fingerprint density at radius 1 is 0.893 bits per heavy atom. The summed E-state index contributed by atoms with van der Waals surface area (Å²) in [7, 11) is 1.64. The second kappa shape index (κ2) is 7.87. The van der Waals surface area contributed by atoms with Crippen LogP contribution in [0.3, 0.4) is 0 Å². The first kappa shape index (κ1) is 17.7. The largest absolute Gasteiger partial charge is 0.497 e. The van der Waals surface area contributed by atoms with Crippen molar-refractivity contribution in [2.24, 2.45) is 0 Å². The van der Waals surface area contributed by atoms with Gasteiger partial charge in [-0.15, -0.1) is 0 Å². The van der Waals surface area contributed by atoms with Gasteiger partial charge in [0, 0.05) is 30.8 Å². The molecule has 0 aliphatic heterocycles. The van der Waals surface area contributed by atoms with E-state index >= 15 is 0 Å². The Balaban J connectivity index is 1.43. The van der Waals surface area contributed by atoms with Gasteiger partial charge in [-0.1, -0.05) is 29.4 Å². The highest BCUT2D eigenvalue weighted by atomic mass is 16.5.